The van der Waals surface area contributed by atoms with Gasteiger partial charge in [-0.1, -0.05) is 65.2 Å². The second-order valence-corrected chi connectivity index (χ2v) is 10.6. The second kappa shape index (κ2) is 12.8. The number of benzene rings is 4. The molecule has 5 rings (SSSR count). The molecule has 0 spiro atoms. The fourth-order valence-corrected chi connectivity index (χ4v) is 4.95. The molecular weight excluding hydrogens is 563 g/mol. The van der Waals surface area contributed by atoms with E-state index in [0.717, 1.165) is 27.6 Å². The number of aromatic nitrogens is 1. The molecule has 1 aromatic heterocycles. The summed E-state index contributed by atoms with van der Waals surface area (Å²) in [7, 11) is 0. The zero-order valence-corrected chi connectivity index (χ0v) is 23.7. The Labute approximate surface area is 246 Å². The summed E-state index contributed by atoms with van der Waals surface area (Å²) in [4.78, 5) is 17.2. The Morgan fingerprint density at radius 1 is 1.00 bits per heavy atom. The van der Waals surface area contributed by atoms with Crippen LogP contribution in [-0.4, -0.2) is 17.1 Å². The first-order chi connectivity index (χ1) is 19.4. The first-order valence-corrected chi connectivity index (χ1v) is 14.0. The Hall–Kier alpha value is -4.17. The third-order valence-electron chi connectivity index (χ3n) is 5.87. The van der Waals surface area contributed by atoms with Crippen molar-refractivity contribution in [2.24, 2.45) is 5.10 Å². The van der Waals surface area contributed by atoms with Crippen LogP contribution >= 0.6 is 34.5 Å². The van der Waals surface area contributed by atoms with E-state index in [1.165, 1.54) is 23.1 Å². The van der Waals surface area contributed by atoms with Crippen molar-refractivity contribution in [3.05, 3.63) is 129 Å². The molecule has 40 heavy (non-hydrogen) atoms. The SMILES string of the molecule is Cc1ccc(Nc2nc(-c3ccc(C(=O)N/N=C\c4ccc(OCc5cccc(Cl)c5)c(Cl)c4)cc3)cs2)cc1. The van der Waals surface area contributed by atoms with E-state index in [4.69, 9.17) is 27.9 Å². The lowest BCUT2D eigenvalue weighted by atomic mass is 10.1. The highest BCUT2D eigenvalue weighted by Crippen LogP contribution is 2.28. The molecule has 0 saturated heterocycles. The number of aryl methyl sites for hydroxylation is 1. The minimum atomic E-state index is -0.324. The molecule has 0 radical (unpaired) electrons. The minimum absolute atomic E-state index is 0.324. The molecule has 6 nitrogen and oxygen atoms in total. The van der Waals surface area contributed by atoms with Gasteiger partial charge < -0.3 is 10.1 Å². The van der Waals surface area contributed by atoms with Gasteiger partial charge in [-0.3, -0.25) is 4.79 Å². The van der Waals surface area contributed by atoms with Gasteiger partial charge in [-0.05, 0) is 72.6 Å². The zero-order chi connectivity index (χ0) is 27.9. The number of rotatable bonds is 9. The highest BCUT2D eigenvalue weighted by molar-refractivity contribution is 7.14. The summed E-state index contributed by atoms with van der Waals surface area (Å²) < 4.78 is 5.79. The smallest absolute Gasteiger partial charge is 0.271 e. The third-order valence-corrected chi connectivity index (χ3v) is 7.16. The molecule has 0 aliphatic rings. The second-order valence-electron chi connectivity index (χ2n) is 8.91. The Balaban J connectivity index is 1.14. The molecule has 1 amide bonds. The van der Waals surface area contributed by atoms with Crippen LogP contribution in [0.15, 0.2) is 101 Å². The molecule has 5 aromatic rings. The van der Waals surface area contributed by atoms with Gasteiger partial charge in [0.05, 0.1) is 16.9 Å². The summed E-state index contributed by atoms with van der Waals surface area (Å²) in [6.07, 6.45) is 1.52. The monoisotopic (exact) mass is 586 g/mol. The number of thiazole rings is 1. The van der Waals surface area contributed by atoms with Gasteiger partial charge in [0.25, 0.3) is 5.91 Å². The molecule has 0 aliphatic carbocycles. The lowest BCUT2D eigenvalue weighted by Gasteiger charge is -2.09. The van der Waals surface area contributed by atoms with Crippen molar-refractivity contribution >= 4 is 57.5 Å². The number of halogens is 2. The standard InChI is InChI=1S/C31H24Cl2N4O2S/c1-20-5-12-26(13-6-20)35-31-36-28(19-40-31)23-8-10-24(11-9-23)30(38)37-34-17-21-7-14-29(27(33)16-21)39-18-22-3-2-4-25(32)15-22/h2-17,19H,18H2,1H3,(H,35,36)(H,37,38)/b34-17-. The summed E-state index contributed by atoms with van der Waals surface area (Å²) in [6, 6.07) is 28.1. The lowest BCUT2D eigenvalue weighted by molar-refractivity contribution is 0.0955. The molecule has 0 aliphatic heterocycles. The molecule has 9 heteroatoms. The van der Waals surface area contributed by atoms with E-state index in [9.17, 15) is 4.79 Å². The quantitative estimate of drug-likeness (QED) is 0.134. The van der Waals surface area contributed by atoms with Gasteiger partial charge in [-0.2, -0.15) is 5.10 Å². The normalized spacial score (nSPS) is 11.0. The predicted molar refractivity (Wildman–Crippen MR) is 164 cm³/mol. The number of hydrazone groups is 1. The molecular formula is C31H24Cl2N4O2S. The van der Waals surface area contributed by atoms with E-state index in [-0.39, 0.29) is 5.91 Å². The van der Waals surface area contributed by atoms with E-state index in [1.807, 2.05) is 53.9 Å². The highest BCUT2D eigenvalue weighted by atomic mass is 35.5. The van der Waals surface area contributed by atoms with Crippen LogP contribution in [0, 0.1) is 6.92 Å². The first-order valence-electron chi connectivity index (χ1n) is 12.3. The number of anilines is 2. The number of ether oxygens (including phenoxy) is 1. The Morgan fingerprint density at radius 2 is 1.80 bits per heavy atom. The Kier molecular flexibility index (Phi) is 8.76. The average molecular weight is 588 g/mol. The molecule has 0 fully saturated rings. The average Bonchev–Trinajstić information content (AvgIpc) is 3.42. The summed E-state index contributed by atoms with van der Waals surface area (Å²) in [5.41, 5.74) is 8.63. The molecule has 2 N–H and O–H groups in total. The topological polar surface area (TPSA) is 75.6 Å². The van der Waals surface area contributed by atoms with Crippen molar-refractivity contribution in [2.75, 3.05) is 5.32 Å². The van der Waals surface area contributed by atoms with Crippen molar-refractivity contribution < 1.29 is 9.53 Å². The van der Waals surface area contributed by atoms with Crippen LogP contribution in [-0.2, 0) is 6.61 Å². The molecule has 0 atom stereocenters. The van der Waals surface area contributed by atoms with Gasteiger partial charge in [-0.15, -0.1) is 11.3 Å². The fourth-order valence-electron chi connectivity index (χ4n) is 3.75. The van der Waals surface area contributed by atoms with Crippen molar-refractivity contribution in [3.63, 3.8) is 0 Å². The van der Waals surface area contributed by atoms with Crippen LogP contribution in [0.2, 0.25) is 10.0 Å². The maximum atomic E-state index is 12.6. The number of hydrogen-bond acceptors (Lipinski definition) is 6. The van der Waals surface area contributed by atoms with E-state index in [1.54, 1.807) is 30.3 Å². The van der Waals surface area contributed by atoms with E-state index >= 15 is 0 Å². The minimum Gasteiger partial charge on any atom is -0.487 e. The lowest BCUT2D eigenvalue weighted by Crippen LogP contribution is -2.17. The summed E-state index contributed by atoms with van der Waals surface area (Å²) in [5, 5.41) is 11.2. The first kappa shape index (κ1) is 27.4. The number of nitrogens with one attached hydrogen (secondary N) is 2. The molecule has 0 bridgehead atoms. The van der Waals surface area contributed by atoms with Crippen LogP contribution in [0.25, 0.3) is 11.3 Å². The maximum Gasteiger partial charge on any atom is 0.271 e. The van der Waals surface area contributed by atoms with Crippen LogP contribution in [0.1, 0.15) is 27.0 Å². The number of hydrogen-bond donors (Lipinski definition) is 2. The van der Waals surface area contributed by atoms with Gasteiger partial charge in [0, 0.05) is 27.2 Å². The maximum absolute atomic E-state index is 12.6. The van der Waals surface area contributed by atoms with Gasteiger partial charge in [0.1, 0.15) is 12.4 Å². The van der Waals surface area contributed by atoms with E-state index in [2.05, 4.69) is 39.9 Å². The van der Waals surface area contributed by atoms with Crippen LogP contribution in [0.5, 0.6) is 5.75 Å². The molecule has 4 aromatic carbocycles. The third kappa shape index (κ3) is 7.27. The van der Waals surface area contributed by atoms with Crippen LogP contribution < -0.4 is 15.5 Å². The Morgan fingerprint density at radius 3 is 2.55 bits per heavy atom. The van der Waals surface area contributed by atoms with Crippen molar-refractivity contribution in [2.45, 2.75) is 13.5 Å². The van der Waals surface area contributed by atoms with Crippen molar-refractivity contribution in [3.8, 4) is 17.0 Å². The van der Waals surface area contributed by atoms with Gasteiger partial charge >= 0.3 is 0 Å². The van der Waals surface area contributed by atoms with Gasteiger partial charge in [0.15, 0.2) is 5.13 Å². The Bertz CT molecular complexity index is 1650. The highest BCUT2D eigenvalue weighted by Gasteiger charge is 2.09. The summed E-state index contributed by atoms with van der Waals surface area (Å²) >= 11 is 13.9. The van der Waals surface area contributed by atoms with Crippen LogP contribution in [0.3, 0.4) is 0 Å². The van der Waals surface area contributed by atoms with Crippen molar-refractivity contribution in [1.82, 2.24) is 10.4 Å². The number of nitrogens with zero attached hydrogens (tertiary/aromatic N) is 2. The van der Waals surface area contributed by atoms with Crippen LogP contribution in [0.4, 0.5) is 10.8 Å². The summed E-state index contributed by atoms with van der Waals surface area (Å²) in [5.74, 6) is 0.219. The number of carbonyl (C=O) groups excluding carboxylic acids is 1. The number of amides is 1. The van der Waals surface area contributed by atoms with E-state index < -0.39 is 0 Å². The molecule has 0 unspecified atom stereocenters. The van der Waals surface area contributed by atoms with Crippen molar-refractivity contribution in [1.29, 1.82) is 0 Å². The molecule has 1 heterocycles. The fraction of sp³-hybridized carbons (Fsp3) is 0.0645. The molecule has 0 saturated carbocycles. The number of carbonyl (C=O) groups is 1. The van der Waals surface area contributed by atoms with E-state index in [0.29, 0.717) is 33.5 Å². The zero-order valence-electron chi connectivity index (χ0n) is 21.4. The summed E-state index contributed by atoms with van der Waals surface area (Å²) in [6.45, 7) is 2.40. The predicted octanol–water partition coefficient (Wildman–Crippen LogP) is 8.51. The van der Waals surface area contributed by atoms with Gasteiger partial charge in [0.2, 0.25) is 0 Å². The van der Waals surface area contributed by atoms with Gasteiger partial charge in [-0.25, -0.2) is 10.4 Å². The molecule has 200 valence electrons. The largest absolute Gasteiger partial charge is 0.487 e.